The lowest BCUT2D eigenvalue weighted by atomic mass is 10.1. The topological polar surface area (TPSA) is 155 Å². The maximum atomic E-state index is 12.5. The molecule has 2 amide bonds. The number of aliphatic carboxylic acids is 2. The fourth-order valence-corrected chi connectivity index (χ4v) is 2.35. The highest BCUT2D eigenvalue weighted by atomic mass is 35.5. The average molecular weight is 436 g/mol. The number of hydrogen-bond acceptors (Lipinski definition) is 6. The van der Waals surface area contributed by atoms with Crippen molar-refractivity contribution in [2.24, 2.45) is 0 Å². The highest BCUT2D eigenvalue weighted by Crippen LogP contribution is 2.28. The van der Waals surface area contributed by atoms with E-state index in [4.69, 9.17) is 21.4 Å². The lowest BCUT2D eigenvalue weighted by Gasteiger charge is -2.15. The molecule has 0 bridgehead atoms. The highest BCUT2D eigenvalue weighted by molar-refractivity contribution is 6.29. The molecular weight excluding hydrogens is 418 g/mol. The number of pyridine rings is 1. The fraction of sp³-hybridized carbons (Fsp3) is 0.211. The molecule has 0 saturated heterocycles. The second-order valence-electron chi connectivity index (χ2n) is 5.94. The molecule has 1 unspecified atom stereocenters. The first-order valence-corrected chi connectivity index (χ1v) is 9.19. The normalized spacial score (nSPS) is 11.2. The largest absolute Gasteiger partial charge is 0.481 e. The predicted octanol–water partition coefficient (Wildman–Crippen LogP) is 2.10. The molecule has 1 aromatic carbocycles. The minimum Gasteiger partial charge on any atom is -0.481 e. The van der Waals surface area contributed by atoms with Gasteiger partial charge in [-0.1, -0.05) is 18.2 Å². The van der Waals surface area contributed by atoms with Crippen LogP contribution in [0.5, 0.6) is 11.6 Å². The lowest BCUT2D eigenvalue weighted by Crippen LogP contribution is -2.41. The molecular formula is C19H18ClN3O7. The molecule has 0 saturated carbocycles. The van der Waals surface area contributed by atoms with Crippen LogP contribution in [0.3, 0.4) is 0 Å². The summed E-state index contributed by atoms with van der Waals surface area (Å²) in [5.41, 5.74) is -0.0342. The Kier molecular flexibility index (Phi) is 8.12. The van der Waals surface area contributed by atoms with Crippen molar-refractivity contribution in [3.63, 3.8) is 0 Å². The number of nitrogens with one attached hydrogen (secondary N) is 2. The van der Waals surface area contributed by atoms with Crippen molar-refractivity contribution in [3.05, 3.63) is 48.2 Å². The molecule has 158 valence electrons. The van der Waals surface area contributed by atoms with E-state index < -0.39 is 36.2 Å². The molecule has 0 radical (unpaired) electrons. The van der Waals surface area contributed by atoms with Gasteiger partial charge in [-0.25, -0.2) is 9.78 Å². The number of carbonyl (C=O) groups excluding carboxylic acids is 2. The number of hydrogen-bond donors (Lipinski definition) is 4. The van der Waals surface area contributed by atoms with Crippen molar-refractivity contribution in [1.82, 2.24) is 10.3 Å². The van der Waals surface area contributed by atoms with Crippen molar-refractivity contribution in [1.29, 1.82) is 0 Å². The number of amides is 2. The van der Waals surface area contributed by atoms with Crippen LogP contribution in [0.4, 0.5) is 5.69 Å². The molecule has 10 nitrogen and oxygen atoms in total. The Labute approximate surface area is 175 Å². The summed E-state index contributed by atoms with van der Waals surface area (Å²) in [7, 11) is 0. The Morgan fingerprint density at radius 1 is 1.07 bits per heavy atom. The summed E-state index contributed by atoms with van der Waals surface area (Å²) in [6, 6.07) is 9.66. The Morgan fingerprint density at radius 3 is 2.37 bits per heavy atom. The number of carboxylic acid groups (broad SMARTS) is 2. The summed E-state index contributed by atoms with van der Waals surface area (Å²) < 4.78 is 5.63. The lowest BCUT2D eigenvalue weighted by molar-refractivity contribution is -0.140. The summed E-state index contributed by atoms with van der Waals surface area (Å²) >= 11 is 5.50. The minimum atomic E-state index is -1.41. The van der Waals surface area contributed by atoms with Crippen molar-refractivity contribution < 1.29 is 34.1 Å². The number of alkyl halides is 1. The van der Waals surface area contributed by atoms with Crippen LogP contribution in [0.2, 0.25) is 0 Å². The van der Waals surface area contributed by atoms with Gasteiger partial charge in [0.2, 0.25) is 11.8 Å². The molecule has 11 heteroatoms. The molecule has 2 aromatic rings. The summed E-state index contributed by atoms with van der Waals surface area (Å²) in [5.74, 6) is -3.97. The molecule has 4 N–H and O–H groups in total. The summed E-state index contributed by atoms with van der Waals surface area (Å²) in [5, 5.41) is 22.6. The number of rotatable bonds is 10. The van der Waals surface area contributed by atoms with E-state index in [1.54, 1.807) is 30.3 Å². The summed E-state index contributed by atoms with van der Waals surface area (Å²) in [4.78, 5) is 50.1. The van der Waals surface area contributed by atoms with Crippen LogP contribution in [0, 0.1) is 0 Å². The van der Waals surface area contributed by atoms with Crippen LogP contribution in [0.1, 0.15) is 23.3 Å². The Hall–Kier alpha value is -3.66. The average Bonchev–Trinajstić information content (AvgIpc) is 2.72. The number of aromatic nitrogens is 1. The van der Waals surface area contributed by atoms with E-state index in [0.717, 1.165) is 0 Å². The van der Waals surface area contributed by atoms with Crippen LogP contribution in [0.25, 0.3) is 0 Å². The van der Waals surface area contributed by atoms with Gasteiger partial charge in [0.15, 0.2) is 0 Å². The van der Waals surface area contributed by atoms with E-state index in [2.05, 4.69) is 15.6 Å². The highest BCUT2D eigenvalue weighted by Gasteiger charge is 2.23. The standard InChI is InChI=1S/C19H18ClN3O7/c20-10-15(24)21-13-7-6-12(23-18(13)30-11-4-2-1-3-5-11)17(27)22-14(19(28)29)8-9-16(25)26/h1-7,14H,8-10H2,(H,21,24)(H,22,27)(H,25,26)(H,28,29). The summed E-state index contributed by atoms with van der Waals surface area (Å²) in [6.45, 7) is 0. The monoisotopic (exact) mass is 435 g/mol. The number of nitrogens with zero attached hydrogens (tertiary/aromatic N) is 1. The van der Waals surface area contributed by atoms with Crippen LogP contribution >= 0.6 is 11.6 Å². The fourth-order valence-electron chi connectivity index (χ4n) is 2.28. The minimum absolute atomic E-state index is 0.107. The van der Waals surface area contributed by atoms with Gasteiger partial charge in [-0.05, 0) is 30.7 Å². The first kappa shape index (κ1) is 22.6. The van der Waals surface area contributed by atoms with Gasteiger partial charge in [0.05, 0.1) is 0 Å². The van der Waals surface area contributed by atoms with E-state index in [0.29, 0.717) is 5.75 Å². The van der Waals surface area contributed by atoms with E-state index in [-0.39, 0.29) is 29.6 Å². The first-order chi connectivity index (χ1) is 14.3. The number of carboxylic acids is 2. The SMILES string of the molecule is O=C(O)CCC(NC(=O)c1ccc(NC(=O)CCl)c(Oc2ccccc2)n1)C(=O)O. The first-order valence-electron chi connectivity index (χ1n) is 8.65. The maximum absolute atomic E-state index is 12.5. The molecule has 1 heterocycles. The van der Waals surface area contributed by atoms with Crippen molar-refractivity contribution in [2.45, 2.75) is 18.9 Å². The molecule has 2 rings (SSSR count). The van der Waals surface area contributed by atoms with Crippen LogP contribution in [0.15, 0.2) is 42.5 Å². The Bertz CT molecular complexity index is 937. The van der Waals surface area contributed by atoms with Crippen LogP contribution in [-0.4, -0.2) is 50.9 Å². The van der Waals surface area contributed by atoms with Gasteiger partial charge < -0.3 is 25.6 Å². The quantitative estimate of drug-likeness (QED) is 0.413. The molecule has 0 fully saturated rings. The van der Waals surface area contributed by atoms with E-state index in [1.165, 1.54) is 12.1 Å². The van der Waals surface area contributed by atoms with Crippen molar-refractivity contribution in [3.8, 4) is 11.6 Å². The Balaban J connectivity index is 2.27. The molecule has 30 heavy (non-hydrogen) atoms. The third-order valence-corrected chi connectivity index (χ3v) is 3.94. The molecule has 0 aliphatic heterocycles. The van der Waals surface area contributed by atoms with E-state index in [1.807, 2.05) is 0 Å². The second kappa shape index (κ2) is 10.8. The third kappa shape index (κ3) is 6.74. The molecule has 0 aliphatic carbocycles. The van der Waals surface area contributed by atoms with Gasteiger partial charge in [0, 0.05) is 6.42 Å². The zero-order valence-corrected chi connectivity index (χ0v) is 16.3. The van der Waals surface area contributed by atoms with Gasteiger partial charge >= 0.3 is 11.9 Å². The molecule has 1 aromatic heterocycles. The predicted molar refractivity (Wildman–Crippen MR) is 106 cm³/mol. The number of anilines is 1. The van der Waals surface area contributed by atoms with E-state index >= 15 is 0 Å². The zero-order chi connectivity index (χ0) is 22.1. The van der Waals surface area contributed by atoms with Crippen LogP contribution in [-0.2, 0) is 14.4 Å². The zero-order valence-electron chi connectivity index (χ0n) is 15.5. The second-order valence-corrected chi connectivity index (χ2v) is 6.21. The third-order valence-electron chi connectivity index (χ3n) is 3.70. The maximum Gasteiger partial charge on any atom is 0.326 e. The van der Waals surface area contributed by atoms with Crippen molar-refractivity contribution >= 4 is 41.0 Å². The molecule has 0 spiro atoms. The van der Waals surface area contributed by atoms with Crippen molar-refractivity contribution in [2.75, 3.05) is 11.2 Å². The van der Waals surface area contributed by atoms with Gasteiger partial charge in [-0.3, -0.25) is 14.4 Å². The smallest absolute Gasteiger partial charge is 0.326 e. The number of halogens is 1. The molecule has 1 atom stereocenters. The van der Waals surface area contributed by atoms with Gasteiger partial charge in [-0.2, -0.15) is 0 Å². The van der Waals surface area contributed by atoms with Gasteiger partial charge in [0.25, 0.3) is 5.91 Å². The molecule has 0 aliphatic rings. The Morgan fingerprint density at radius 2 is 1.77 bits per heavy atom. The number of ether oxygens (including phenoxy) is 1. The number of para-hydroxylation sites is 1. The van der Waals surface area contributed by atoms with Crippen LogP contribution < -0.4 is 15.4 Å². The van der Waals surface area contributed by atoms with Gasteiger partial charge in [-0.15, -0.1) is 11.6 Å². The number of benzene rings is 1. The number of carbonyl (C=O) groups is 4. The summed E-state index contributed by atoms with van der Waals surface area (Å²) in [6.07, 6.45) is -0.732. The van der Waals surface area contributed by atoms with E-state index in [9.17, 15) is 24.3 Å². The van der Waals surface area contributed by atoms with Gasteiger partial charge in [0.1, 0.15) is 29.1 Å².